The van der Waals surface area contributed by atoms with Gasteiger partial charge >= 0.3 is 0 Å². The summed E-state index contributed by atoms with van der Waals surface area (Å²) in [6, 6.07) is 4.75. The first-order chi connectivity index (χ1) is 17.3. The summed E-state index contributed by atoms with van der Waals surface area (Å²) in [5.41, 5.74) is -0.493. The SMILES string of the molecule is CC1(O)CCN(C(=O)Cc2ccc(OCC[C@@H]3C[C@@H]3C3CCN(c4ncc(Cl)cn4)CC3)cc2F)C1. The molecule has 1 aromatic heterocycles. The zero-order chi connectivity index (χ0) is 25.3. The van der Waals surface area contributed by atoms with E-state index in [4.69, 9.17) is 16.3 Å². The average Bonchev–Trinajstić information content (AvgIpc) is 3.54. The number of amides is 1. The van der Waals surface area contributed by atoms with Crippen LogP contribution in [0.15, 0.2) is 30.6 Å². The zero-order valence-corrected chi connectivity index (χ0v) is 21.5. The van der Waals surface area contributed by atoms with Crippen LogP contribution in [0, 0.1) is 23.6 Å². The maximum atomic E-state index is 14.6. The van der Waals surface area contributed by atoms with Crippen molar-refractivity contribution < 1.29 is 19.0 Å². The summed E-state index contributed by atoms with van der Waals surface area (Å²) >= 11 is 5.89. The number of rotatable bonds is 8. The fraction of sp³-hybridized carbons (Fsp3) is 0.593. The Morgan fingerprint density at radius 2 is 2.00 bits per heavy atom. The molecule has 0 spiro atoms. The van der Waals surface area contributed by atoms with Gasteiger partial charge in [-0.3, -0.25) is 4.79 Å². The monoisotopic (exact) mass is 516 g/mol. The Balaban J connectivity index is 1.02. The van der Waals surface area contributed by atoms with Gasteiger partial charge in [0.15, 0.2) is 0 Å². The van der Waals surface area contributed by atoms with Gasteiger partial charge in [-0.25, -0.2) is 14.4 Å². The van der Waals surface area contributed by atoms with E-state index in [0.29, 0.717) is 48.4 Å². The second-order valence-electron chi connectivity index (χ2n) is 10.8. The molecule has 1 aromatic carbocycles. The fourth-order valence-corrected chi connectivity index (χ4v) is 5.80. The molecule has 9 heteroatoms. The molecule has 3 aliphatic rings. The van der Waals surface area contributed by atoms with Crippen molar-refractivity contribution in [3.05, 3.63) is 47.0 Å². The number of ether oxygens (including phenoxy) is 1. The van der Waals surface area contributed by atoms with Crippen LogP contribution in [0.2, 0.25) is 5.02 Å². The molecule has 1 amide bonds. The van der Waals surface area contributed by atoms with E-state index < -0.39 is 11.4 Å². The third-order valence-electron chi connectivity index (χ3n) is 7.94. The van der Waals surface area contributed by atoms with Crippen LogP contribution < -0.4 is 9.64 Å². The van der Waals surface area contributed by atoms with Crippen LogP contribution in [0.4, 0.5) is 10.3 Å². The first kappa shape index (κ1) is 25.2. The van der Waals surface area contributed by atoms with Crippen LogP contribution in [0.3, 0.4) is 0 Å². The molecule has 3 heterocycles. The highest BCUT2D eigenvalue weighted by Gasteiger charge is 2.43. The molecule has 2 saturated heterocycles. The number of likely N-dealkylation sites (tertiary alicyclic amines) is 1. The molecule has 0 bridgehead atoms. The Hall–Kier alpha value is -2.45. The van der Waals surface area contributed by atoms with E-state index in [-0.39, 0.29) is 12.3 Å². The van der Waals surface area contributed by atoms with Gasteiger partial charge < -0.3 is 19.6 Å². The smallest absolute Gasteiger partial charge is 0.227 e. The van der Waals surface area contributed by atoms with Crippen molar-refractivity contribution in [1.82, 2.24) is 14.9 Å². The fourth-order valence-electron chi connectivity index (χ4n) is 5.70. The second-order valence-corrected chi connectivity index (χ2v) is 11.3. The highest BCUT2D eigenvalue weighted by molar-refractivity contribution is 6.30. The van der Waals surface area contributed by atoms with Crippen molar-refractivity contribution in [1.29, 1.82) is 0 Å². The van der Waals surface area contributed by atoms with Gasteiger partial charge in [-0.15, -0.1) is 0 Å². The minimum absolute atomic E-state index is 0.00505. The molecule has 0 radical (unpaired) electrons. The van der Waals surface area contributed by atoms with Gasteiger partial charge in [0.05, 0.1) is 36.0 Å². The Morgan fingerprint density at radius 3 is 2.67 bits per heavy atom. The third-order valence-corrected chi connectivity index (χ3v) is 8.14. The van der Waals surface area contributed by atoms with E-state index in [1.54, 1.807) is 36.4 Å². The largest absolute Gasteiger partial charge is 0.493 e. The van der Waals surface area contributed by atoms with Gasteiger partial charge in [-0.05, 0) is 68.4 Å². The Labute approximate surface area is 216 Å². The molecular formula is C27H34ClFN4O3. The Bertz CT molecular complexity index is 1080. The predicted octanol–water partition coefficient (Wildman–Crippen LogP) is 4.12. The van der Waals surface area contributed by atoms with E-state index >= 15 is 0 Å². The molecule has 1 N–H and O–H groups in total. The number of aliphatic hydroxyl groups is 1. The number of anilines is 1. The number of carbonyl (C=O) groups excluding carboxylic acids is 1. The summed E-state index contributed by atoms with van der Waals surface area (Å²) in [4.78, 5) is 25.0. The lowest BCUT2D eigenvalue weighted by Gasteiger charge is -2.32. The second kappa shape index (κ2) is 10.5. The lowest BCUT2D eigenvalue weighted by Crippen LogP contribution is -2.35. The van der Waals surface area contributed by atoms with Gasteiger partial charge in [0.1, 0.15) is 11.6 Å². The van der Waals surface area contributed by atoms with E-state index in [2.05, 4.69) is 14.9 Å². The van der Waals surface area contributed by atoms with Gasteiger partial charge in [0.25, 0.3) is 0 Å². The van der Waals surface area contributed by atoms with Crippen LogP contribution >= 0.6 is 11.6 Å². The maximum Gasteiger partial charge on any atom is 0.227 e. The van der Waals surface area contributed by atoms with Crippen LogP contribution in [0.1, 0.15) is 44.6 Å². The molecule has 36 heavy (non-hydrogen) atoms. The number of hydrogen-bond donors (Lipinski definition) is 1. The normalized spacial score (nSPS) is 26.3. The minimum atomic E-state index is -0.851. The van der Waals surface area contributed by atoms with Crippen molar-refractivity contribution in [3.8, 4) is 5.75 Å². The van der Waals surface area contributed by atoms with Crippen molar-refractivity contribution in [2.75, 3.05) is 37.7 Å². The number of nitrogens with zero attached hydrogens (tertiary/aromatic N) is 4. The number of β-amino-alcohol motifs (C(OH)–C–C–N with tert-alkyl or cyclic N) is 1. The highest BCUT2D eigenvalue weighted by atomic mass is 35.5. The molecule has 1 unspecified atom stereocenters. The number of halogens is 2. The predicted molar refractivity (Wildman–Crippen MR) is 136 cm³/mol. The minimum Gasteiger partial charge on any atom is -0.493 e. The van der Waals surface area contributed by atoms with Crippen LogP contribution in [0.25, 0.3) is 0 Å². The summed E-state index contributed by atoms with van der Waals surface area (Å²) in [5.74, 6) is 2.82. The molecule has 194 valence electrons. The Kier molecular flexibility index (Phi) is 7.35. The van der Waals surface area contributed by atoms with Gasteiger partial charge in [0.2, 0.25) is 11.9 Å². The lowest BCUT2D eigenvalue weighted by molar-refractivity contribution is -0.130. The first-order valence-electron chi connectivity index (χ1n) is 12.9. The maximum absolute atomic E-state index is 14.6. The molecular weight excluding hydrogens is 483 g/mol. The topological polar surface area (TPSA) is 78.8 Å². The van der Waals surface area contributed by atoms with Gasteiger partial charge in [-0.1, -0.05) is 17.7 Å². The lowest BCUT2D eigenvalue weighted by atomic mass is 9.90. The average molecular weight is 517 g/mol. The number of piperidine rings is 1. The zero-order valence-electron chi connectivity index (χ0n) is 20.7. The highest BCUT2D eigenvalue weighted by Crippen LogP contribution is 2.49. The molecule has 2 aromatic rings. The summed E-state index contributed by atoms with van der Waals surface area (Å²) in [6.45, 7) is 5.03. The summed E-state index contributed by atoms with van der Waals surface area (Å²) in [7, 11) is 0. The molecule has 1 aliphatic carbocycles. The number of benzene rings is 1. The molecule has 2 aliphatic heterocycles. The van der Waals surface area contributed by atoms with Gasteiger partial charge in [-0.2, -0.15) is 0 Å². The molecule has 3 atom stereocenters. The summed E-state index contributed by atoms with van der Waals surface area (Å²) in [6.07, 6.45) is 8.34. The Morgan fingerprint density at radius 1 is 1.25 bits per heavy atom. The standard InChI is InChI=1S/C27H34ClFN4O3/c1-27(35)7-10-33(17-27)25(34)13-20-2-3-22(14-24(20)29)36-11-6-19-12-23(19)18-4-8-32(9-5-18)26-30-15-21(28)16-31-26/h2-3,14-16,18-19,23,35H,4-13,17H2,1H3/t19-,23-,27?/m1/s1. The summed E-state index contributed by atoms with van der Waals surface area (Å²) < 4.78 is 20.4. The van der Waals surface area contributed by atoms with E-state index in [1.165, 1.54) is 12.5 Å². The first-order valence-corrected chi connectivity index (χ1v) is 13.3. The van der Waals surface area contributed by atoms with Crippen molar-refractivity contribution >= 4 is 23.5 Å². The van der Waals surface area contributed by atoms with Crippen molar-refractivity contribution in [2.24, 2.45) is 17.8 Å². The molecule has 5 rings (SSSR count). The van der Waals surface area contributed by atoms with Crippen LogP contribution in [0.5, 0.6) is 5.75 Å². The molecule has 7 nitrogen and oxygen atoms in total. The molecule has 3 fully saturated rings. The third kappa shape index (κ3) is 6.09. The summed E-state index contributed by atoms with van der Waals surface area (Å²) in [5, 5.41) is 10.6. The van der Waals surface area contributed by atoms with E-state index in [9.17, 15) is 14.3 Å². The van der Waals surface area contributed by atoms with Crippen molar-refractivity contribution in [3.63, 3.8) is 0 Å². The van der Waals surface area contributed by atoms with E-state index in [0.717, 1.165) is 50.1 Å². The van der Waals surface area contributed by atoms with Crippen molar-refractivity contribution in [2.45, 2.75) is 51.0 Å². The van der Waals surface area contributed by atoms with Crippen LogP contribution in [-0.4, -0.2) is 64.3 Å². The quantitative estimate of drug-likeness (QED) is 0.568. The molecule has 1 saturated carbocycles. The van der Waals surface area contributed by atoms with Crippen LogP contribution in [-0.2, 0) is 11.2 Å². The number of carbonyl (C=O) groups is 1. The number of hydrogen-bond acceptors (Lipinski definition) is 6. The van der Waals surface area contributed by atoms with Gasteiger partial charge in [0, 0.05) is 32.2 Å². The van der Waals surface area contributed by atoms with E-state index in [1.807, 2.05) is 0 Å². The number of aromatic nitrogens is 2.